The van der Waals surface area contributed by atoms with E-state index < -0.39 is 0 Å². The highest BCUT2D eigenvalue weighted by atomic mass is 16.2. The van der Waals surface area contributed by atoms with Crippen LogP contribution in [0, 0.1) is 13.8 Å². The third-order valence-corrected chi connectivity index (χ3v) is 3.43. The maximum atomic E-state index is 11.8. The van der Waals surface area contributed by atoms with Crippen LogP contribution in [0.15, 0.2) is 18.2 Å². The maximum absolute atomic E-state index is 11.8. The van der Waals surface area contributed by atoms with E-state index >= 15 is 0 Å². The number of benzene rings is 1. The summed E-state index contributed by atoms with van der Waals surface area (Å²) in [7, 11) is 0. The molecule has 0 radical (unpaired) electrons. The van der Waals surface area contributed by atoms with Crippen LogP contribution >= 0.6 is 0 Å². The van der Waals surface area contributed by atoms with Gasteiger partial charge in [0.1, 0.15) is 6.54 Å². The second-order valence-electron chi connectivity index (χ2n) is 5.22. The highest BCUT2D eigenvalue weighted by molar-refractivity contribution is 5.97. The molecule has 0 heterocycles. The molecule has 1 fully saturated rings. The first-order valence-electron chi connectivity index (χ1n) is 6.62. The van der Waals surface area contributed by atoms with Crippen LogP contribution in [0.25, 0.3) is 0 Å². The van der Waals surface area contributed by atoms with Gasteiger partial charge in [0.05, 0.1) is 0 Å². The summed E-state index contributed by atoms with van der Waals surface area (Å²) in [4.78, 5) is 25.1. The van der Waals surface area contributed by atoms with E-state index in [0.717, 1.165) is 24.1 Å². The van der Waals surface area contributed by atoms with E-state index in [2.05, 4.69) is 5.32 Å². The minimum absolute atomic E-state index is 0.0871. The van der Waals surface area contributed by atoms with Gasteiger partial charge in [-0.3, -0.25) is 9.59 Å². The van der Waals surface area contributed by atoms with Crippen molar-refractivity contribution >= 4 is 17.5 Å². The van der Waals surface area contributed by atoms with Crippen LogP contribution in [0.4, 0.5) is 5.69 Å². The predicted molar refractivity (Wildman–Crippen MR) is 75.1 cm³/mol. The molecular formula is C15H20N2O2. The average Bonchev–Trinajstić information content (AvgIpc) is 3.13. The van der Waals surface area contributed by atoms with E-state index in [1.165, 1.54) is 17.4 Å². The molecule has 0 bridgehead atoms. The predicted octanol–water partition coefficient (Wildman–Crippen LogP) is 1.93. The molecule has 0 saturated heterocycles. The summed E-state index contributed by atoms with van der Waals surface area (Å²) in [5.74, 6) is -0.204. The molecule has 1 N–H and O–H groups in total. The largest absolute Gasteiger partial charge is 0.352 e. The summed E-state index contributed by atoms with van der Waals surface area (Å²) in [5.41, 5.74) is 3.07. The first-order chi connectivity index (χ1) is 8.97. The van der Waals surface area contributed by atoms with Crippen LogP contribution < -0.4 is 10.2 Å². The summed E-state index contributed by atoms with van der Waals surface area (Å²) < 4.78 is 0. The van der Waals surface area contributed by atoms with E-state index in [1.807, 2.05) is 32.0 Å². The molecule has 0 aliphatic heterocycles. The zero-order chi connectivity index (χ0) is 14.0. The van der Waals surface area contributed by atoms with Crippen LogP contribution in [0.2, 0.25) is 0 Å². The zero-order valence-corrected chi connectivity index (χ0v) is 11.7. The van der Waals surface area contributed by atoms with Crippen LogP contribution in [-0.2, 0) is 9.59 Å². The van der Waals surface area contributed by atoms with Crippen LogP contribution in [-0.4, -0.2) is 24.4 Å². The quantitative estimate of drug-likeness (QED) is 0.899. The Bertz CT molecular complexity index is 507. The fraction of sp³-hybridized carbons (Fsp3) is 0.467. The minimum Gasteiger partial charge on any atom is -0.352 e. The molecule has 1 aromatic rings. The normalized spacial score (nSPS) is 14.1. The third kappa shape index (κ3) is 3.56. The fourth-order valence-electron chi connectivity index (χ4n) is 1.92. The lowest BCUT2D eigenvalue weighted by Crippen LogP contribution is -2.40. The van der Waals surface area contributed by atoms with Gasteiger partial charge in [0.25, 0.3) is 0 Å². The molecule has 2 amide bonds. The number of carbonyl (C=O) groups excluding carboxylic acids is 2. The smallest absolute Gasteiger partial charge is 0.240 e. The standard InChI is InChI=1S/C15H20N2O2/c1-10-4-7-14(8-11(10)2)17(12(3)18)9-15(19)16-13-5-6-13/h4,7-8,13H,5-6,9H2,1-3H3,(H,16,19). The number of nitrogens with zero attached hydrogens (tertiary/aromatic N) is 1. The number of carbonyl (C=O) groups is 2. The first kappa shape index (κ1) is 13.6. The molecule has 2 rings (SSSR count). The molecule has 0 atom stereocenters. The first-order valence-corrected chi connectivity index (χ1v) is 6.62. The number of nitrogens with one attached hydrogen (secondary N) is 1. The van der Waals surface area contributed by atoms with Gasteiger partial charge in [0, 0.05) is 18.7 Å². The highest BCUT2D eigenvalue weighted by Crippen LogP contribution is 2.20. The Morgan fingerprint density at radius 2 is 1.95 bits per heavy atom. The van der Waals surface area contributed by atoms with E-state index in [4.69, 9.17) is 0 Å². The summed E-state index contributed by atoms with van der Waals surface area (Å²) >= 11 is 0. The van der Waals surface area contributed by atoms with Crippen molar-refractivity contribution in [3.05, 3.63) is 29.3 Å². The van der Waals surface area contributed by atoms with E-state index in [-0.39, 0.29) is 18.4 Å². The second kappa shape index (κ2) is 5.43. The molecule has 19 heavy (non-hydrogen) atoms. The van der Waals surface area contributed by atoms with Crippen LogP contribution in [0.3, 0.4) is 0 Å². The number of amides is 2. The van der Waals surface area contributed by atoms with Crippen LogP contribution in [0.5, 0.6) is 0 Å². The van der Waals surface area contributed by atoms with Crippen molar-refractivity contribution < 1.29 is 9.59 Å². The monoisotopic (exact) mass is 260 g/mol. The number of hydrogen-bond acceptors (Lipinski definition) is 2. The zero-order valence-electron chi connectivity index (χ0n) is 11.7. The Morgan fingerprint density at radius 3 is 2.47 bits per heavy atom. The summed E-state index contributed by atoms with van der Waals surface area (Å²) in [6, 6.07) is 6.12. The van der Waals surface area contributed by atoms with E-state index in [9.17, 15) is 9.59 Å². The molecule has 4 heteroatoms. The molecular weight excluding hydrogens is 240 g/mol. The number of anilines is 1. The Morgan fingerprint density at radius 1 is 1.26 bits per heavy atom. The molecule has 1 aliphatic carbocycles. The summed E-state index contributed by atoms with van der Waals surface area (Å²) in [6.07, 6.45) is 2.10. The lowest BCUT2D eigenvalue weighted by Gasteiger charge is -2.21. The van der Waals surface area contributed by atoms with Gasteiger partial charge < -0.3 is 10.2 Å². The summed E-state index contributed by atoms with van der Waals surface area (Å²) in [6.45, 7) is 5.60. The Balaban J connectivity index is 2.11. The fourth-order valence-corrected chi connectivity index (χ4v) is 1.92. The lowest BCUT2D eigenvalue weighted by molar-refractivity contribution is -0.123. The van der Waals surface area contributed by atoms with Gasteiger partial charge in [-0.25, -0.2) is 0 Å². The number of rotatable bonds is 4. The highest BCUT2D eigenvalue weighted by Gasteiger charge is 2.25. The average molecular weight is 260 g/mol. The maximum Gasteiger partial charge on any atom is 0.240 e. The van der Waals surface area contributed by atoms with Gasteiger partial charge >= 0.3 is 0 Å². The number of hydrogen-bond donors (Lipinski definition) is 1. The molecule has 0 unspecified atom stereocenters. The third-order valence-electron chi connectivity index (χ3n) is 3.43. The molecule has 102 valence electrons. The molecule has 0 aromatic heterocycles. The number of aryl methyl sites for hydroxylation is 2. The second-order valence-corrected chi connectivity index (χ2v) is 5.22. The van der Waals surface area contributed by atoms with Gasteiger partial charge in [-0.05, 0) is 49.9 Å². The minimum atomic E-state index is -0.116. The molecule has 0 spiro atoms. The van der Waals surface area contributed by atoms with Crippen molar-refractivity contribution in [3.63, 3.8) is 0 Å². The Labute approximate surface area is 113 Å². The van der Waals surface area contributed by atoms with Gasteiger partial charge in [0.15, 0.2) is 0 Å². The van der Waals surface area contributed by atoms with Crippen molar-refractivity contribution in [2.24, 2.45) is 0 Å². The van der Waals surface area contributed by atoms with Gasteiger partial charge in [-0.2, -0.15) is 0 Å². The van der Waals surface area contributed by atoms with Gasteiger partial charge in [-0.15, -0.1) is 0 Å². The van der Waals surface area contributed by atoms with Gasteiger partial charge in [0.2, 0.25) is 11.8 Å². The Hall–Kier alpha value is -1.84. The molecule has 1 aromatic carbocycles. The molecule has 4 nitrogen and oxygen atoms in total. The van der Waals surface area contributed by atoms with Gasteiger partial charge in [-0.1, -0.05) is 6.07 Å². The van der Waals surface area contributed by atoms with Crippen molar-refractivity contribution in [2.75, 3.05) is 11.4 Å². The summed E-state index contributed by atoms with van der Waals surface area (Å²) in [5, 5.41) is 2.90. The Kier molecular flexibility index (Phi) is 3.88. The molecule has 1 aliphatic rings. The van der Waals surface area contributed by atoms with Crippen LogP contribution in [0.1, 0.15) is 30.9 Å². The van der Waals surface area contributed by atoms with Crippen molar-refractivity contribution in [2.45, 2.75) is 39.7 Å². The van der Waals surface area contributed by atoms with Crippen molar-refractivity contribution in [3.8, 4) is 0 Å². The lowest BCUT2D eigenvalue weighted by atomic mass is 10.1. The van der Waals surface area contributed by atoms with Crippen molar-refractivity contribution in [1.29, 1.82) is 0 Å². The van der Waals surface area contributed by atoms with Crippen molar-refractivity contribution in [1.82, 2.24) is 5.32 Å². The molecule has 1 saturated carbocycles. The van der Waals surface area contributed by atoms with E-state index in [1.54, 1.807) is 0 Å². The SMILES string of the molecule is CC(=O)N(CC(=O)NC1CC1)c1ccc(C)c(C)c1. The topological polar surface area (TPSA) is 49.4 Å². The van der Waals surface area contributed by atoms with E-state index in [0.29, 0.717) is 6.04 Å².